The summed E-state index contributed by atoms with van der Waals surface area (Å²) in [5, 5.41) is 8.44. The maximum absolute atomic E-state index is 4.29. The van der Waals surface area contributed by atoms with E-state index >= 15 is 0 Å². The van der Waals surface area contributed by atoms with E-state index in [0.717, 1.165) is 24.6 Å². The Morgan fingerprint density at radius 1 is 1.11 bits per heavy atom. The molecule has 0 aliphatic carbocycles. The van der Waals surface area contributed by atoms with Crippen LogP contribution in [0.15, 0.2) is 36.7 Å². The number of hydrogen-bond acceptors (Lipinski definition) is 4. The third-order valence-corrected chi connectivity index (χ3v) is 3.71. The predicted octanol–water partition coefficient (Wildman–Crippen LogP) is 2.56. The van der Waals surface area contributed by atoms with Gasteiger partial charge in [0.2, 0.25) is 0 Å². The van der Waals surface area contributed by atoms with Crippen molar-refractivity contribution in [1.82, 2.24) is 15.2 Å². The molecule has 4 heteroatoms. The van der Waals surface area contributed by atoms with Crippen LogP contribution in [0, 0.1) is 6.92 Å². The number of hydrogen-bond donors (Lipinski definition) is 0. The fraction of sp³-hybridized carbons (Fsp3) is 0.400. The van der Waals surface area contributed by atoms with Crippen molar-refractivity contribution in [2.45, 2.75) is 25.7 Å². The van der Waals surface area contributed by atoms with Gasteiger partial charge in [-0.25, -0.2) is 0 Å². The van der Waals surface area contributed by atoms with Gasteiger partial charge in [-0.05, 0) is 49.6 Å². The first kappa shape index (κ1) is 12.1. The Balaban J connectivity index is 1.76. The molecule has 1 atom stereocenters. The zero-order valence-electron chi connectivity index (χ0n) is 11.2. The summed E-state index contributed by atoms with van der Waals surface area (Å²) in [6, 6.07) is 8.33. The molecule has 0 aromatic carbocycles. The van der Waals surface area contributed by atoms with Gasteiger partial charge in [-0.2, -0.15) is 5.10 Å². The summed E-state index contributed by atoms with van der Waals surface area (Å²) in [4.78, 5) is 6.43. The van der Waals surface area contributed by atoms with Crippen molar-refractivity contribution >= 4 is 5.82 Å². The quantitative estimate of drug-likeness (QED) is 0.826. The van der Waals surface area contributed by atoms with E-state index in [9.17, 15) is 0 Å². The van der Waals surface area contributed by atoms with E-state index in [1.165, 1.54) is 18.4 Å². The molecule has 2 aromatic rings. The number of nitrogens with zero attached hydrogens (tertiary/aromatic N) is 4. The lowest BCUT2D eigenvalue weighted by atomic mass is 9.91. The smallest absolute Gasteiger partial charge is 0.151 e. The van der Waals surface area contributed by atoms with E-state index in [0.29, 0.717) is 5.92 Å². The van der Waals surface area contributed by atoms with Gasteiger partial charge in [0.05, 0.1) is 5.69 Å². The molecular weight excluding hydrogens is 236 g/mol. The predicted molar refractivity (Wildman–Crippen MR) is 75.2 cm³/mol. The largest absolute Gasteiger partial charge is 0.355 e. The fourth-order valence-electron chi connectivity index (χ4n) is 2.65. The molecule has 4 nitrogen and oxygen atoms in total. The normalized spacial score (nSPS) is 19.4. The van der Waals surface area contributed by atoms with Crippen molar-refractivity contribution in [1.29, 1.82) is 0 Å². The lowest BCUT2D eigenvalue weighted by molar-refractivity contribution is 0.505. The van der Waals surface area contributed by atoms with Crippen LogP contribution in [0.1, 0.15) is 30.0 Å². The fourth-order valence-corrected chi connectivity index (χ4v) is 2.65. The summed E-state index contributed by atoms with van der Waals surface area (Å²) in [5.41, 5.74) is 2.34. The molecule has 1 fully saturated rings. The van der Waals surface area contributed by atoms with Crippen molar-refractivity contribution in [3.63, 3.8) is 0 Å². The Hall–Kier alpha value is -1.97. The van der Waals surface area contributed by atoms with Gasteiger partial charge >= 0.3 is 0 Å². The average molecular weight is 254 g/mol. The molecule has 0 N–H and O–H groups in total. The molecule has 0 radical (unpaired) electrons. The third-order valence-electron chi connectivity index (χ3n) is 3.71. The maximum Gasteiger partial charge on any atom is 0.151 e. The Bertz CT molecular complexity index is 524. The van der Waals surface area contributed by atoms with E-state index in [4.69, 9.17) is 0 Å². The van der Waals surface area contributed by atoms with Gasteiger partial charge in [-0.15, -0.1) is 5.10 Å². The Morgan fingerprint density at radius 3 is 2.68 bits per heavy atom. The van der Waals surface area contributed by atoms with Crippen molar-refractivity contribution in [3.8, 4) is 0 Å². The Morgan fingerprint density at radius 2 is 1.95 bits per heavy atom. The van der Waals surface area contributed by atoms with Gasteiger partial charge in [0.15, 0.2) is 5.82 Å². The number of pyridine rings is 1. The molecule has 0 spiro atoms. The molecular formula is C15H18N4. The minimum absolute atomic E-state index is 0.569. The molecule has 1 saturated heterocycles. The van der Waals surface area contributed by atoms with Crippen LogP contribution < -0.4 is 4.90 Å². The van der Waals surface area contributed by atoms with Gasteiger partial charge in [-0.1, -0.05) is 0 Å². The highest BCUT2D eigenvalue weighted by atomic mass is 15.3. The first-order valence-electron chi connectivity index (χ1n) is 6.78. The van der Waals surface area contributed by atoms with Crippen LogP contribution in [-0.2, 0) is 0 Å². The van der Waals surface area contributed by atoms with Gasteiger partial charge in [-0.3, -0.25) is 4.98 Å². The van der Waals surface area contributed by atoms with Crippen LogP contribution in [0.25, 0.3) is 0 Å². The molecule has 1 aliphatic heterocycles. The number of piperidine rings is 1. The van der Waals surface area contributed by atoms with Gasteiger partial charge < -0.3 is 4.90 Å². The molecule has 0 bridgehead atoms. The average Bonchev–Trinajstić information content (AvgIpc) is 2.49. The standard InChI is InChI=1S/C15H18N4/c1-12-4-5-15(18-17-12)19-10-2-3-14(11-19)13-6-8-16-9-7-13/h4-9,14H,2-3,10-11H2,1H3/t14-/m1/s1. The minimum atomic E-state index is 0.569. The second-order valence-electron chi connectivity index (χ2n) is 5.10. The lowest BCUT2D eigenvalue weighted by Crippen LogP contribution is -2.35. The zero-order chi connectivity index (χ0) is 13.1. The second-order valence-corrected chi connectivity index (χ2v) is 5.10. The minimum Gasteiger partial charge on any atom is -0.355 e. The molecule has 0 amide bonds. The number of anilines is 1. The van der Waals surface area contributed by atoms with Gasteiger partial charge in [0, 0.05) is 31.4 Å². The highest BCUT2D eigenvalue weighted by molar-refractivity contribution is 5.39. The SMILES string of the molecule is Cc1ccc(N2CCC[C@@H](c3ccncc3)C2)nn1. The molecule has 1 aliphatic rings. The zero-order valence-corrected chi connectivity index (χ0v) is 11.2. The van der Waals surface area contributed by atoms with Crippen molar-refractivity contribution < 1.29 is 0 Å². The number of rotatable bonds is 2. The van der Waals surface area contributed by atoms with Crippen LogP contribution in [0.3, 0.4) is 0 Å². The maximum atomic E-state index is 4.29. The van der Waals surface area contributed by atoms with E-state index < -0.39 is 0 Å². The van der Waals surface area contributed by atoms with Crippen molar-refractivity contribution in [2.75, 3.05) is 18.0 Å². The summed E-state index contributed by atoms with van der Waals surface area (Å²) in [5.74, 6) is 1.56. The Labute approximate surface area is 113 Å². The van der Waals surface area contributed by atoms with Gasteiger partial charge in [0.25, 0.3) is 0 Å². The highest BCUT2D eigenvalue weighted by Gasteiger charge is 2.22. The molecule has 0 unspecified atom stereocenters. The second kappa shape index (κ2) is 5.34. The third kappa shape index (κ3) is 2.72. The molecule has 3 heterocycles. The van der Waals surface area contributed by atoms with Crippen LogP contribution in [0.2, 0.25) is 0 Å². The summed E-state index contributed by atoms with van der Waals surface area (Å²) < 4.78 is 0. The summed E-state index contributed by atoms with van der Waals surface area (Å²) in [7, 11) is 0. The first-order valence-corrected chi connectivity index (χ1v) is 6.78. The van der Waals surface area contributed by atoms with Crippen molar-refractivity contribution in [2.24, 2.45) is 0 Å². The summed E-state index contributed by atoms with van der Waals surface area (Å²) in [6.07, 6.45) is 6.18. The van der Waals surface area contributed by atoms with Crippen LogP contribution in [-0.4, -0.2) is 28.3 Å². The van der Waals surface area contributed by atoms with Crippen molar-refractivity contribution in [3.05, 3.63) is 47.9 Å². The molecule has 0 saturated carbocycles. The number of aromatic nitrogens is 3. The van der Waals surface area contributed by atoms with Crippen LogP contribution in [0.4, 0.5) is 5.82 Å². The summed E-state index contributed by atoms with van der Waals surface area (Å²) in [6.45, 7) is 4.05. The monoisotopic (exact) mass is 254 g/mol. The molecule has 19 heavy (non-hydrogen) atoms. The van der Waals surface area contributed by atoms with E-state index in [1.807, 2.05) is 25.4 Å². The molecule has 3 rings (SSSR count). The molecule has 98 valence electrons. The Kier molecular flexibility index (Phi) is 3.40. The van der Waals surface area contributed by atoms with Gasteiger partial charge in [0.1, 0.15) is 0 Å². The number of aryl methyl sites for hydroxylation is 1. The van der Waals surface area contributed by atoms with E-state index in [2.05, 4.69) is 38.3 Å². The molecule has 2 aromatic heterocycles. The van der Waals surface area contributed by atoms with E-state index in [1.54, 1.807) is 0 Å². The van der Waals surface area contributed by atoms with Crippen LogP contribution >= 0.6 is 0 Å². The first-order chi connectivity index (χ1) is 9.33. The summed E-state index contributed by atoms with van der Waals surface area (Å²) >= 11 is 0. The highest BCUT2D eigenvalue weighted by Crippen LogP contribution is 2.28. The van der Waals surface area contributed by atoms with Crippen LogP contribution in [0.5, 0.6) is 0 Å². The topological polar surface area (TPSA) is 41.9 Å². The lowest BCUT2D eigenvalue weighted by Gasteiger charge is -2.33. The van der Waals surface area contributed by atoms with E-state index in [-0.39, 0.29) is 0 Å².